The molecule has 0 saturated heterocycles. The highest BCUT2D eigenvalue weighted by atomic mass is 31.2. The van der Waals surface area contributed by atoms with Crippen LogP contribution in [0.5, 0.6) is 0 Å². The number of carbonyl (C=O) groups excluding carboxylic acids is 2. The first-order chi connectivity index (χ1) is 26.9. The fourth-order valence-electron chi connectivity index (χ4n) is 7.05. The Morgan fingerprint density at radius 3 is 1.18 bits per heavy atom. The van der Waals surface area contributed by atoms with Crippen molar-refractivity contribution in [3.05, 3.63) is 0 Å². The summed E-state index contributed by atoms with van der Waals surface area (Å²) in [5.74, 6) is -1.09. The van der Waals surface area contributed by atoms with Gasteiger partial charge in [0.25, 0.3) is 0 Å². The van der Waals surface area contributed by atoms with Crippen molar-refractivity contribution in [2.45, 2.75) is 243 Å². The zero-order valence-electron chi connectivity index (χ0n) is 34.9. The van der Waals surface area contributed by atoms with Crippen LogP contribution in [0, 0.1) is 0 Å². The summed E-state index contributed by atoms with van der Waals surface area (Å²) in [6.45, 7) is 3.30. The minimum Gasteiger partial charge on any atom is -0.462 e. The molecule has 0 aliphatic heterocycles. The van der Waals surface area contributed by atoms with Gasteiger partial charge in [0, 0.05) is 12.8 Å². The number of hydrogen-bond donors (Lipinski definition) is 6. The molecule has 1 aliphatic carbocycles. The molecule has 0 aromatic rings. The van der Waals surface area contributed by atoms with Crippen LogP contribution in [-0.4, -0.2) is 98.3 Å². The largest absolute Gasteiger partial charge is 0.472 e. The van der Waals surface area contributed by atoms with Gasteiger partial charge in [-0.2, -0.15) is 0 Å². The Hall–Kier alpha value is -1.15. The van der Waals surface area contributed by atoms with Crippen molar-refractivity contribution in [3.8, 4) is 0 Å². The second kappa shape index (κ2) is 33.7. The molecule has 0 amide bonds. The van der Waals surface area contributed by atoms with E-state index in [1.54, 1.807) is 0 Å². The Balaban J connectivity index is 2.47. The van der Waals surface area contributed by atoms with Gasteiger partial charge in [0.2, 0.25) is 0 Å². The van der Waals surface area contributed by atoms with Crippen LogP contribution < -0.4 is 0 Å². The van der Waals surface area contributed by atoms with Crippen molar-refractivity contribution in [1.82, 2.24) is 0 Å². The summed E-state index contributed by atoms with van der Waals surface area (Å²) < 4.78 is 33.5. The van der Waals surface area contributed by atoms with Gasteiger partial charge in [-0.3, -0.25) is 18.6 Å². The van der Waals surface area contributed by atoms with Crippen molar-refractivity contribution >= 4 is 19.8 Å². The van der Waals surface area contributed by atoms with E-state index in [1.165, 1.54) is 122 Å². The Kier molecular flexibility index (Phi) is 31.8. The molecule has 0 radical (unpaired) electrons. The lowest BCUT2D eigenvalue weighted by Crippen LogP contribution is -2.64. The van der Waals surface area contributed by atoms with Crippen LogP contribution in [0.2, 0.25) is 0 Å². The summed E-state index contributed by atoms with van der Waals surface area (Å²) in [6, 6.07) is 0. The molecule has 14 heteroatoms. The first-order valence-corrected chi connectivity index (χ1v) is 23.8. The van der Waals surface area contributed by atoms with Gasteiger partial charge in [0.15, 0.2) is 6.10 Å². The third kappa shape index (κ3) is 26.1. The molecular formula is C42H81O13P. The number of rotatable bonds is 37. The minimum atomic E-state index is -5.11. The highest BCUT2D eigenvalue weighted by molar-refractivity contribution is 7.47. The van der Waals surface area contributed by atoms with Gasteiger partial charge in [-0.05, 0) is 12.8 Å². The first kappa shape index (κ1) is 52.9. The van der Waals surface area contributed by atoms with Crippen molar-refractivity contribution in [2.24, 2.45) is 0 Å². The van der Waals surface area contributed by atoms with Gasteiger partial charge in [0.1, 0.15) is 43.2 Å². The normalized spacial score (nSPS) is 22.8. The molecule has 8 atom stereocenters. The topological polar surface area (TPSA) is 210 Å². The molecule has 6 N–H and O–H groups in total. The number of phosphoric ester groups is 1. The maximum Gasteiger partial charge on any atom is 0.472 e. The van der Waals surface area contributed by atoms with E-state index >= 15 is 0 Å². The standard InChI is InChI=1S/C42H81O13P/c1-3-5-7-9-11-13-15-17-19-21-23-25-27-29-31-36(44)54-34(33-53-56(50,51)55-42-40(48)38(46)37(45)39(47)41(42)49)32-52-35(43)30-28-26-24-22-20-18-16-14-12-10-8-6-4-2/h34,37-42,45-49H,3-33H2,1-2H3,(H,50,51)/t34?,37?,38-,39+,40-,41-,42?/m1/s1. The quantitative estimate of drug-likeness (QED) is 0.0199. The fourth-order valence-corrected chi connectivity index (χ4v) is 8.03. The van der Waals surface area contributed by atoms with Crippen LogP contribution >= 0.6 is 7.82 Å². The second-order valence-electron chi connectivity index (χ2n) is 15.9. The summed E-state index contributed by atoms with van der Waals surface area (Å²) in [6.07, 6.45) is 18.7. The zero-order chi connectivity index (χ0) is 41.4. The number of phosphoric acid groups is 1. The van der Waals surface area contributed by atoms with Crippen LogP contribution in [-0.2, 0) is 32.7 Å². The van der Waals surface area contributed by atoms with Crippen LogP contribution in [0.3, 0.4) is 0 Å². The molecule has 0 spiro atoms. The lowest BCUT2D eigenvalue weighted by atomic mass is 9.85. The first-order valence-electron chi connectivity index (χ1n) is 22.3. The molecule has 56 heavy (non-hydrogen) atoms. The lowest BCUT2D eigenvalue weighted by molar-refractivity contribution is -0.220. The average molecular weight is 825 g/mol. The molecule has 1 fully saturated rings. The average Bonchev–Trinajstić information content (AvgIpc) is 3.18. The van der Waals surface area contributed by atoms with Crippen LogP contribution in [0.15, 0.2) is 0 Å². The van der Waals surface area contributed by atoms with Gasteiger partial charge in [-0.1, -0.05) is 174 Å². The Labute approximate surface area is 338 Å². The number of esters is 2. The molecule has 332 valence electrons. The van der Waals surface area contributed by atoms with Gasteiger partial charge in [-0.25, -0.2) is 4.57 Å². The van der Waals surface area contributed by atoms with E-state index in [4.69, 9.17) is 18.5 Å². The molecule has 1 aliphatic rings. The van der Waals surface area contributed by atoms with E-state index in [-0.39, 0.29) is 12.8 Å². The molecule has 1 rings (SSSR count). The maximum atomic E-state index is 12.8. The third-order valence-corrected chi connectivity index (χ3v) is 11.7. The number of aliphatic hydroxyl groups excluding tert-OH is 5. The minimum absolute atomic E-state index is 0.104. The molecule has 4 unspecified atom stereocenters. The summed E-state index contributed by atoms with van der Waals surface area (Å²) in [5, 5.41) is 50.1. The number of carbonyl (C=O) groups is 2. The van der Waals surface area contributed by atoms with Crippen LogP contribution in [0.25, 0.3) is 0 Å². The van der Waals surface area contributed by atoms with Gasteiger partial charge < -0.3 is 39.9 Å². The number of unbranched alkanes of at least 4 members (excludes halogenated alkanes) is 25. The predicted molar refractivity (Wildman–Crippen MR) is 217 cm³/mol. The monoisotopic (exact) mass is 825 g/mol. The van der Waals surface area contributed by atoms with Gasteiger partial charge >= 0.3 is 19.8 Å². The van der Waals surface area contributed by atoms with E-state index in [0.717, 1.165) is 38.5 Å². The fraction of sp³-hybridized carbons (Fsp3) is 0.952. The molecule has 0 aromatic heterocycles. The highest BCUT2D eigenvalue weighted by Gasteiger charge is 2.51. The molecule has 0 bridgehead atoms. The number of ether oxygens (including phenoxy) is 2. The maximum absolute atomic E-state index is 12.8. The number of aliphatic hydroxyl groups is 5. The second-order valence-corrected chi connectivity index (χ2v) is 17.3. The van der Waals surface area contributed by atoms with E-state index < -0.39 is 75.7 Å². The summed E-state index contributed by atoms with van der Waals surface area (Å²) in [4.78, 5) is 35.6. The lowest BCUT2D eigenvalue weighted by Gasteiger charge is -2.41. The zero-order valence-corrected chi connectivity index (χ0v) is 35.8. The van der Waals surface area contributed by atoms with E-state index in [9.17, 15) is 44.6 Å². The molecule has 0 heterocycles. The van der Waals surface area contributed by atoms with Crippen LogP contribution in [0.1, 0.15) is 200 Å². The molecule has 13 nitrogen and oxygen atoms in total. The Morgan fingerprint density at radius 2 is 0.804 bits per heavy atom. The van der Waals surface area contributed by atoms with Crippen molar-refractivity contribution < 1.29 is 63.1 Å². The van der Waals surface area contributed by atoms with Crippen LogP contribution in [0.4, 0.5) is 0 Å². The molecular weight excluding hydrogens is 743 g/mol. The van der Waals surface area contributed by atoms with E-state index in [1.807, 2.05) is 0 Å². The summed E-state index contributed by atoms with van der Waals surface area (Å²) in [5.41, 5.74) is 0. The Morgan fingerprint density at radius 1 is 0.482 bits per heavy atom. The third-order valence-electron chi connectivity index (χ3n) is 10.7. The van der Waals surface area contributed by atoms with Crippen molar-refractivity contribution in [3.63, 3.8) is 0 Å². The molecule has 0 aromatic carbocycles. The number of hydrogen-bond acceptors (Lipinski definition) is 12. The predicted octanol–water partition coefficient (Wildman–Crippen LogP) is 8.11. The molecule has 1 saturated carbocycles. The summed E-state index contributed by atoms with van der Waals surface area (Å²) >= 11 is 0. The van der Waals surface area contributed by atoms with Gasteiger partial charge in [0.05, 0.1) is 6.61 Å². The smallest absolute Gasteiger partial charge is 0.462 e. The van der Waals surface area contributed by atoms with Gasteiger partial charge in [-0.15, -0.1) is 0 Å². The van der Waals surface area contributed by atoms with E-state index in [0.29, 0.717) is 12.8 Å². The van der Waals surface area contributed by atoms with Crippen molar-refractivity contribution in [2.75, 3.05) is 13.2 Å². The summed E-state index contributed by atoms with van der Waals surface area (Å²) in [7, 11) is -5.11. The highest BCUT2D eigenvalue weighted by Crippen LogP contribution is 2.47. The SMILES string of the molecule is CCCCCCCCCCCCCCCCC(=O)OC(COC(=O)CCCCCCCCCCCCCCC)COP(=O)(O)OC1[C@H](O)[C@H](O)C(O)[C@H](O)[C@H]1O. The Bertz CT molecular complexity index is 1000. The van der Waals surface area contributed by atoms with E-state index in [2.05, 4.69) is 13.8 Å². The van der Waals surface area contributed by atoms with Crippen molar-refractivity contribution in [1.29, 1.82) is 0 Å².